The largest absolute Gasteiger partial charge is 0.486 e. The Bertz CT molecular complexity index is 950. The maximum Gasteiger partial charge on any atom is 0.272 e. The molecule has 3 rings (SSSR count). The number of nitrogens with one attached hydrogen (secondary N) is 1. The van der Waals surface area contributed by atoms with Gasteiger partial charge in [-0.1, -0.05) is 23.2 Å². The van der Waals surface area contributed by atoms with Crippen molar-refractivity contribution in [2.75, 3.05) is 13.2 Å². The van der Waals surface area contributed by atoms with Gasteiger partial charge in [0.25, 0.3) is 11.8 Å². The van der Waals surface area contributed by atoms with E-state index in [0.717, 1.165) is 0 Å². The van der Waals surface area contributed by atoms with E-state index in [1.807, 2.05) is 20.8 Å². The van der Waals surface area contributed by atoms with Crippen molar-refractivity contribution in [3.8, 4) is 11.5 Å². The molecule has 0 aliphatic carbocycles. The van der Waals surface area contributed by atoms with Gasteiger partial charge in [-0.05, 0) is 58.0 Å². The molecule has 0 bridgehead atoms. The number of carbonyl (C=O) groups is 2. The standard InChI is InChI=1S/C21H22Cl2N2O4/c1-12-16(5-6-17-18(12)29-8-7-28-17)19(26)24-25(21(2,3)4)20(27)13-9-14(22)11-15(23)10-13/h5-6,9-11H,7-8H2,1-4H3,(H,24,26). The third-order valence-corrected chi connectivity index (χ3v) is 4.83. The van der Waals surface area contributed by atoms with Crippen molar-refractivity contribution >= 4 is 35.0 Å². The summed E-state index contributed by atoms with van der Waals surface area (Å²) in [6.07, 6.45) is 0. The normalized spacial score (nSPS) is 13.0. The number of halogens is 2. The first-order valence-corrected chi connectivity index (χ1v) is 9.84. The van der Waals surface area contributed by atoms with Crippen LogP contribution < -0.4 is 14.9 Å². The average Bonchev–Trinajstić information content (AvgIpc) is 2.64. The van der Waals surface area contributed by atoms with Crippen molar-refractivity contribution in [1.29, 1.82) is 0 Å². The summed E-state index contributed by atoms with van der Waals surface area (Å²) in [5.74, 6) is 0.281. The number of ether oxygens (including phenoxy) is 2. The first kappa shape index (κ1) is 21.3. The summed E-state index contributed by atoms with van der Waals surface area (Å²) in [6.45, 7) is 8.10. The van der Waals surface area contributed by atoms with E-state index >= 15 is 0 Å². The highest BCUT2D eigenvalue weighted by molar-refractivity contribution is 6.35. The lowest BCUT2D eigenvalue weighted by atomic mass is 10.0. The lowest BCUT2D eigenvalue weighted by Gasteiger charge is -2.35. The van der Waals surface area contributed by atoms with Gasteiger partial charge in [-0.15, -0.1) is 0 Å². The number of hydrogen-bond acceptors (Lipinski definition) is 4. The molecular weight excluding hydrogens is 415 g/mol. The van der Waals surface area contributed by atoms with Crippen LogP contribution in [-0.4, -0.2) is 35.6 Å². The second-order valence-electron chi connectivity index (χ2n) is 7.67. The molecule has 29 heavy (non-hydrogen) atoms. The van der Waals surface area contributed by atoms with Crippen LogP contribution >= 0.6 is 23.2 Å². The third kappa shape index (κ3) is 4.60. The van der Waals surface area contributed by atoms with Gasteiger partial charge in [-0.3, -0.25) is 15.0 Å². The van der Waals surface area contributed by atoms with Gasteiger partial charge in [0.2, 0.25) is 0 Å². The summed E-state index contributed by atoms with van der Waals surface area (Å²) in [5.41, 5.74) is 3.32. The lowest BCUT2D eigenvalue weighted by molar-refractivity contribution is 0.0358. The molecule has 0 saturated heterocycles. The molecule has 154 valence electrons. The molecule has 1 aliphatic rings. The Morgan fingerprint density at radius 1 is 1.03 bits per heavy atom. The monoisotopic (exact) mass is 436 g/mol. The zero-order chi connectivity index (χ0) is 21.3. The molecule has 0 fully saturated rings. The van der Waals surface area contributed by atoms with Crippen LogP contribution in [0.1, 0.15) is 47.1 Å². The molecule has 0 saturated carbocycles. The molecule has 1 heterocycles. The van der Waals surface area contributed by atoms with Crippen LogP contribution in [0.3, 0.4) is 0 Å². The molecule has 0 aromatic heterocycles. The summed E-state index contributed by atoms with van der Waals surface area (Å²) in [5, 5.41) is 1.94. The quantitative estimate of drug-likeness (QED) is 0.695. The Hall–Kier alpha value is -2.44. The van der Waals surface area contributed by atoms with Crippen LogP contribution in [0, 0.1) is 6.92 Å². The minimum atomic E-state index is -0.705. The topological polar surface area (TPSA) is 67.9 Å². The molecule has 0 spiro atoms. The average molecular weight is 437 g/mol. The maximum atomic E-state index is 13.1. The third-order valence-electron chi connectivity index (χ3n) is 4.40. The Balaban J connectivity index is 1.91. The molecule has 6 nitrogen and oxygen atoms in total. The predicted molar refractivity (Wildman–Crippen MR) is 112 cm³/mol. The molecule has 1 N–H and O–H groups in total. The Morgan fingerprint density at radius 2 is 1.66 bits per heavy atom. The molecule has 0 unspecified atom stereocenters. The summed E-state index contributed by atoms with van der Waals surface area (Å²) in [7, 11) is 0. The summed E-state index contributed by atoms with van der Waals surface area (Å²) in [6, 6.07) is 7.90. The van der Waals surface area contributed by atoms with Crippen molar-refractivity contribution in [2.45, 2.75) is 33.2 Å². The maximum absolute atomic E-state index is 13.1. The molecule has 1 aliphatic heterocycles. The smallest absolute Gasteiger partial charge is 0.272 e. The number of benzene rings is 2. The molecule has 2 aromatic rings. The van der Waals surface area contributed by atoms with Crippen LogP contribution in [-0.2, 0) is 0 Å². The minimum absolute atomic E-state index is 0.275. The lowest BCUT2D eigenvalue weighted by Crippen LogP contribution is -2.56. The molecule has 8 heteroatoms. The Kier molecular flexibility index (Phi) is 5.96. The molecule has 2 aromatic carbocycles. The fourth-order valence-electron chi connectivity index (χ4n) is 2.99. The van der Waals surface area contributed by atoms with E-state index in [4.69, 9.17) is 32.7 Å². The van der Waals surface area contributed by atoms with Crippen LogP contribution in [0.2, 0.25) is 10.0 Å². The number of hydrazine groups is 1. The zero-order valence-electron chi connectivity index (χ0n) is 16.6. The summed E-state index contributed by atoms with van der Waals surface area (Å²) < 4.78 is 11.2. The van der Waals surface area contributed by atoms with Gasteiger partial charge in [0.1, 0.15) is 13.2 Å². The van der Waals surface area contributed by atoms with Crippen LogP contribution in [0.15, 0.2) is 30.3 Å². The molecule has 0 atom stereocenters. The van der Waals surface area contributed by atoms with E-state index in [0.29, 0.717) is 45.9 Å². The second-order valence-corrected chi connectivity index (χ2v) is 8.55. The highest BCUT2D eigenvalue weighted by Crippen LogP contribution is 2.35. The SMILES string of the molecule is Cc1c(C(=O)NN(C(=O)c2cc(Cl)cc(Cl)c2)C(C)(C)C)ccc2c1OCCO2. The Morgan fingerprint density at radius 3 is 2.28 bits per heavy atom. The number of carbonyl (C=O) groups excluding carboxylic acids is 2. The number of rotatable bonds is 2. The highest BCUT2D eigenvalue weighted by Gasteiger charge is 2.31. The van der Waals surface area contributed by atoms with Crippen molar-refractivity contribution in [1.82, 2.24) is 10.4 Å². The van der Waals surface area contributed by atoms with Gasteiger partial charge < -0.3 is 9.47 Å². The van der Waals surface area contributed by atoms with Crippen molar-refractivity contribution in [2.24, 2.45) is 0 Å². The number of amides is 2. The van der Waals surface area contributed by atoms with Gasteiger partial charge >= 0.3 is 0 Å². The van der Waals surface area contributed by atoms with Crippen molar-refractivity contribution in [3.05, 3.63) is 57.1 Å². The van der Waals surface area contributed by atoms with E-state index in [1.54, 1.807) is 25.1 Å². The number of nitrogens with zero attached hydrogens (tertiary/aromatic N) is 1. The molecule has 2 amide bonds. The van der Waals surface area contributed by atoms with E-state index < -0.39 is 17.4 Å². The molecular formula is C21H22Cl2N2O4. The first-order valence-electron chi connectivity index (χ1n) is 9.09. The number of hydrogen-bond donors (Lipinski definition) is 1. The van der Waals surface area contributed by atoms with Gasteiger partial charge in [0.05, 0.1) is 5.54 Å². The highest BCUT2D eigenvalue weighted by atomic mass is 35.5. The van der Waals surface area contributed by atoms with Crippen LogP contribution in [0.25, 0.3) is 0 Å². The summed E-state index contributed by atoms with van der Waals surface area (Å²) >= 11 is 12.1. The van der Waals surface area contributed by atoms with E-state index in [2.05, 4.69) is 5.43 Å². The van der Waals surface area contributed by atoms with E-state index in [1.165, 1.54) is 17.1 Å². The van der Waals surface area contributed by atoms with Gasteiger partial charge in [-0.2, -0.15) is 0 Å². The number of fused-ring (bicyclic) bond motifs is 1. The van der Waals surface area contributed by atoms with Crippen LogP contribution in [0.4, 0.5) is 0 Å². The van der Waals surface area contributed by atoms with Crippen molar-refractivity contribution in [3.63, 3.8) is 0 Å². The minimum Gasteiger partial charge on any atom is -0.486 e. The molecule has 0 radical (unpaired) electrons. The van der Waals surface area contributed by atoms with Crippen LogP contribution in [0.5, 0.6) is 11.5 Å². The zero-order valence-corrected chi connectivity index (χ0v) is 18.1. The van der Waals surface area contributed by atoms with Gasteiger partial charge in [0, 0.05) is 26.7 Å². The fraction of sp³-hybridized carbons (Fsp3) is 0.333. The second kappa shape index (κ2) is 8.13. The predicted octanol–water partition coefficient (Wildman–Crippen LogP) is 4.66. The van der Waals surface area contributed by atoms with E-state index in [-0.39, 0.29) is 5.56 Å². The van der Waals surface area contributed by atoms with Crippen molar-refractivity contribution < 1.29 is 19.1 Å². The first-order chi connectivity index (χ1) is 13.6. The van der Waals surface area contributed by atoms with Gasteiger partial charge in [0.15, 0.2) is 11.5 Å². The summed E-state index contributed by atoms with van der Waals surface area (Å²) in [4.78, 5) is 26.2. The Labute approximate surface area is 179 Å². The fourth-order valence-corrected chi connectivity index (χ4v) is 3.52. The van der Waals surface area contributed by atoms with E-state index in [9.17, 15) is 9.59 Å². The van der Waals surface area contributed by atoms with Gasteiger partial charge in [-0.25, -0.2) is 5.01 Å².